The van der Waals surface area contributed by atoms with Crippen molar-refractivity contribution in [2.45, 2.75) is 13.8 Å². The zero-order valence-electron chi connectivity index (χ0n) is 11.4. The summed E-state index contributed by atoms with van der Waals surface area (Å²) in [4.78, 5) is 17.3. The van der Waals surface area contributed by atoms with E-state index in [-0.39, 0.29) is 5.82 Å². The first kappa shape index (κ1) is 13.4. The Labute approximate surface area is 124 Å². The van der Waals surface area contributed by atoms with Crippen LogP contribution in [0, 0.1) is 13.8 Å². The molecule has 0 bridgehead atoms. The molecule has 0 aliphatic rings. The zero-order valence-corrected chi connectivity index (χ0v) is 12.2. The number of hydrogen-bond acceptors (Lipinski definition) is 6. The first-order valence-corrected chi connectivity index (χ1v) is 7.04. The third-order valence-corrected chi connectivity index (χ3v) is 3.91. The van der Waals surface area contributed by atoms with Crippen LogP contribution in [0.4, 0.5) is 5.82 Å². The minimum Gasteiger partial charge on any atom is -0.303 e. The molecular formula is C13H12N6OS. The summed E-state index contributed by atoms with van der Waals surface area (Å²) in [6.45, 7) is 3.94. The number of carbonyl (C=O) groups is 1. The summed E-state index contributed by atoms with van der Waals surface area (Å²) in [5.41, 5.74) is 2.22. The number of aryl methyl sites for hydroxylation is 2. The second-order valence-corrected chi connectivity index (χ2v) is 5.70. The molecule has 0 fully saturated rings. The molecule has 21 heavy (non-hydrogen) atoms. The number of nitrogens with one attached hydrogen (secondary N) is 2. The third kappa shape index (κ3) is 2.79. The maximum Gasteiger partial charge on any atom is 0.296 e. The molecule has 0 radical (unpaired) electrons. The highest BCUT2D eigenvalue weighted by Crippen LogP contribution is 2.30. The molecule has 1 aromatic carbocycles. The highest BCUT2D eigenvalue weighted by molar-refractivity contribution is 7.15. The Hall–Kier alpha value is -2.61. The Kier molecular flexibility index (Phi) is 3.44. The monoisotopic (exact) mass is 300 g/mol. The fourth-order valence-corrected chi connectivity index (χ4v) is 2.63. The van der Waals surface area contributed by atoms with E-state index in [1.807, 2.05) is 38.1 Å². The summed E-state index contributed by atoms with van der Waals surface area (Å²) in [6.07, 6.45) is 0. The SMILES string of the molecule is Cc1ccc(-c2nc(NC(=O)c3nnn[nH]3)c(C)s2)cc1. The van der Waals surface area contributed by atoms with Gasteiger partial charge in [-0.2, -0.15) is 0 Å². The molecule has 106 valence electrons. The predicted octanol–water partition coefficient (Wildman–Crippen LogP) is 2.19. The van der Waals surface area contributed by atoms with Gasteiger partial charge in [-0.3, -0.25) is 4.79 Å². The quantitative estimate of drug-likeness (QED) is 0.773. The molecule has 0 spiro atoms. The highest BCUT2D eigenvalue weighted by Gasteiger charge is 2.15. The lowest BCUT2D eigenvalue weighted by molar-refractivity contribution is 0.101. The normalized spacial score (nSPS) is 10.6. The van der Waals surface area contributed by atoms with Gasteiger partial charge in [0.05, 0.1) is 0 Å². The molecule has 3 rings (SSSR count). The van der Waals surface area contributed by atoms with E-state index in [4.69, 9.17) is 0 Å². The van der Waals surface area contributed by atoms with Gasteiger partial charge in [0.15, 0.2) is 0 Å². The standard InChI is InChI=1S/C13H12N6OS/c1-7-3-5-9(6-4-7)13-15-10(8(2)21-13)14-12(20)11-16-18-19-17-11/h3-6H,1-2H3,(H,14,20)(H,16,17,18,19). The maximum absolute atomic E-state index is 11.9. The van der Waals surface area contributed by atoms with Crippen LogP contribution in [0.1, 0.15) is 21.1 Å². The first-order chi connectivity index (χ1) is 10.1. The number of H-pyrrole nitrogens is 1. The van der Waals surface area contributed by atoms with Crippen molar-refractivity contribution in [3.8, 4) is 10.6 Å². The number of rotatable bonds is 3. The van der Waals surface area contributed by atoms with E-state index >= 15 is 0 Å². The minimum absolute atomic E-state index is 0.0549. The smallest absolute Gasteiger partial charge is 0.296 e. The second-order valence-electron chi connectivity index (χ2n) is 4.49. The number of aromatic nitrogens is 5. The number of anilines is 1. The number of carbonyl (C=O) groups excluding carboxylic acids is 1. The van der Waals surface area contributed by atoms with Crippen LogP contribution in [0.5, 0.6) is 0 Å². The lowest BCUT2D eigenvalue weighted by atomic mass is 10.2. The fraction of sp³-hybridized carbons (Fsp3) is 0.154. The zero-order chi connectivity index (χ0) is 14.8. The Bertz CT molecular complexity index is 763. The largest absolute Gasteiger partial charge is 0.303 e. The summed E-state index contributed by atoms with van der Waals surface area (Å²) in [6, 6.07) is 8.09. The average Bonchev–Trinajstić information content (AvgIpc) is 3.10. The molecule has 0 saturated heterocycles. The molecule has 8 heteroatoms. The summed E-state index contributed by atoms with van der Waals surface area (Å²) in [5, 5.41) is 16.3. The molecule has 2 heterocycles. The van der Waals surface area contributed by atoms with Gasteiger partial charge in [-0.25, -0.2) is 10.1 Å². The van der Waals surface area contributed by atoms with E-state index < -0.39 is 5.91 Å². The van der Waals surface area contributed by atoms with Gasteiger partial charge in [0.2, 0.25) is 5.82 Å². The van der Waals surface area contributed by atoms with Crippen molar-refractivity contribution in [1.29, 1.82) is 0 Å². The minimum atomic E-state index is -0.413. The van der Waals surface area contributed by atoms with Crippen molar-refractivity contribution < 1.29 is 4.79 Å². The molecule has 0 saturated carbocycles. The number of hydrogen-bond donors (Lipinski definition) is 2. The third-order valence-electron chi connectivity index (χ3n) is 2.89. The van der Waals surface area contributed by atoms with Gasteiger partial charge < -0.3 is 5.32 Å². The molecule has 2 N–H and O–H groups in total. The van der Waals surface area contributed by atoms with E-state index in [2.05, 4.69) is 30.9 Å². The van der Waals surface area contributed by atoms with Gasteiger partial charge in [0.25, 0.3) is 5.91 Å². The molecular weight excluding hydrogens is 288 g/mol. The van der Waals surface area contributed by atoms with Crippen molar-refractivity contribution in [3.63, 3.8) is 0 Å². The molecule has 2 aromatic heterocycles. The first-order valence-electron chi connectivity index (χ1n) is 6.23. The Morgan fingerprint density at radius 2 is 2.00 bits per heavy atom. The average molecular weight is 300 g/mol. The van der Waals surface area contributed by atoms with E-state index in [0.29, 0.717) is 5.82 Å². The molecule has 3 aromatic rings. The molecule has 1 amide bonds. The number of nitrogens with zero attached hydrogens (tertiary/aromatic N) is 4. The molecule has 0 aliphatic carbocycles. The van der Waals surface area contributed by atoms with E-state index in [9.17, 15) is 4.79 Å². The summed E-state index contributed by atoms with van der Waals surface area (Å²) < 4.78 is 0. The summed E-state index contributed by atoms with van der Waals surface area (Å²) in [5.74, 6) is 0.167. The number of benzene rings is 1. The van der Waals surface area contributed by atoms with Crippen LogP contribution >= 0.6 is 11.3 Å². The number of tetrazole rings is 1. The van der Waals surface area contributed by atoms with Crippen LogP contribution in [0.2, 0.25) is 0 Å². The summed E-state index contributed by atoms with van der Waals surface area (Å²) in [7, 11) is 0. The van der Waals surface area contributed by atoms with Crippen molar-refractivity contribution >= 4 is 23.1 Å². The second kappa shape index (κ2) is 5.41. The molecule has 0 unspecified atom stereocenters. The van der Waals surface area contributed by atoms with Crippen LogP contribution in [0.15, 0.2) is 24.3 Å². The maximum atomic E-state index is 11.9. The van der Waals surface area contributed by atoms with E-state index in [0.717, 1.165) is 15.4 Å². The van der Waals surface area contributed by atoms with Crippen molar-refractivity contribution in [3.05, 3.63) is 40.5 Å². The predicted molar refractivity (Wildman–Crippen MR) is 79.2 cm³/mol. The number of aromatic amines is 1. The van der Waals surface area contributed by atoms with Gasteiger partial charge in [-0.1, -0.05) is 29.8 Å². The van der Waals surface area contributed by atoms with Gasteiger partial charge in [0, 0.05) is 10.4 Å². The summed E-state index contributed by atoms with van der Waals surface area (Å²) >= 11 is 1.52. The lowest BCUT2D eigenvalue weighted by Crippen LogP contribution is -2.14. The van der Waals surface area contributed by atoms with Gasteiger partial charge in [-0.15, -0.1) is 16.4 Å². The fourth-order valence-electron chi connectivity index (χ4n) is 1.75. The number of amides is 1. The van der Waals surface area contributed by atoms with E-state index in [1.165, 1.54) is 16.9 Å². The molecule has 0 aliphatic heterocycles. The Balaban J connectivity index is 1.84. The van der Waals surface area contributed by atoms with Crippen LogP contribution in [-0.2, 0) is 0 Å². The van der Waals surface area contributed by atoms with Crippen LogP contribution in [-0.4, -0.2) is 31.5 Å². The Morgan fingerprint density at radius 3 is 2.67 bits per heavy atom. The van der Waals surface area contributed by atoms with Gasteiger partial charge >= 0.3 is 0 Å². The molecule has 0 atom stereocenters. The van der Waals surface area contributed by atoms with E-state index in [1.54, 1.807) is 0 Å². The Morgan fingerprint density at radius 1 is 1.24 bits per heavy atom. The topological polar surface area (TPSA) is 96.5 Å². The number of thiazole rings is 1. The van der Waals surface area contributed by atoms with Crippen molar-refractivity contribution in [2.75, 3.05) is 5.32 Å². The lowest BCUT2D eigenvalue weighted by Gasteiger charge is -1.99. The van der Waals surface area contributed by atoms with Crippen molar-refractivity contribution in [1.82, 2.24) is 25.6 Å². The van der Waals surface area contributed by atoms with Gasteiger partial charge in [0.1, 0.15) is 10.8 Å². The van der Waals surface area contributed by atoms with Crippen LogP contribution in [0.3, 0.4) is 0 Å². The van der Waals surface area contributed by atoms with Crippen LogP contribution in [0.25, 0.3) is 10.6 Å². The van der Waals surface area contributed by atoms with Gasteiger partial charge in [-0.05, 0) is 24.3 Å². The van der Waals surface area contributed by atoms with Crippen molar-refractivity contribution in [2.24, 2.45) is 0 Å². The highest BCUT2D eigenvalue weighted by atomic mass is 32.1. The van der Waals surface area contributed by atoms with Crippen LogP contribution < -0.4 is 5.32 Å². The molecule has 7 nitrogen and oxygen atoms in total.